The number of allylic oxidation sites excluding steroid dienone is 2. The highest BCUT2D eigenvalue weighted by Gasteiger charge is 2.32. The van der Waals surface area contributed by atoms with Gasteiger partial charge in [0.25, 0.3) is 0 Å². The van der Waals surface area contributed by atoms with Crippen LogP contribution in [0.25, 0.3) is 0 Å². The maximum atomic E-state index is 13.2. The van der Waals surface area contributed by atoms with Crippen LogP contribution in [0.5, 0.6) is 0 Å². The number of amidine groups is 1. The predicted molar refractivity (Wildman–Crippen MR) is 135 cm³/mol. The molecule has 3 rings (SSSR count). The third-order valence-corrected chi connectivity index (χ3v) is 6.63. The van der Waals surface area contributed by atoms with Crippen LogP contribution in [0, 0.1) is 5.92 Å². The van der Waals surface area contributed by atoms with E-state index in [1.165, 1.54) is 0 Å². The van der Waals surface area contributed by atoms with Crippen LogP contribution in [0.4, 0.5) is 0 Å². The van der Waals surface area contributed by atoms with Crippen molar-refractivity contribution in [1.29, 1.82) is 0 Å². The molecule has 3 aliphatic rings. The first-order valence-electron chi connectivity index (χ1n) is 12.7. The van der Waals surface area contributed by atoms with Crippen molar-refractivity contribution in [2.24, 2.45) is 15.9 Å². The Morgan fingerprint density at radius 1 is 1.15 bits per heavy atom. The van der Waals surface area contributed by atoms with Gasteiger partial charge in [0.15, 0.2) is 0 Å². The Morgan fingerprint density at radius 2 is 1.94 bits per heavy atom. The van der Waals surface area contributed by atoms with E-state index in [1.807, 2.05) is 36.1 Å². The van der Waals surface area contributed by atoms with Gasteiger partial charge in [-0.3, -0.25) is 19.4 Å². The summed E-state index contributed by atoms with van der Waals surface area (Å²) in [5, 5.41) is 5.75. The number of aliphatic imine (C=N–C) groups is 2. The fourth-order valence-corrected chi connectivity index (χ4v) is 4.56. The summed E-state index contributed by atoms with van der Waals surface area (Å²) in [5.41, 5.74) is 0.850. The lowest BCUT2D eigenvalue weighted by Crippen LogP contribution is -2.53. The quantitative estimate of drug-likeness (QED) is 0.514. The lowest BCUT2D eigenvalue weighted by atomic mass is 9.98. The highest BCUT2D eigenvalue weighted by molar-refractivity contribution is 6.14. The molecule has 8 nitrogen and oxygen atoms in total. The van der Waals surface area contributed by atoms with Crippen LogP contribution in [-0.4, -0.2) is 64.9 Å². The lowest BCUT2D eigenvalue weighted by molar-refractivity contribution is -0.139. The number of hydrogen-bond acceptors (Lipinski definition) is 5. The molecule has 0 aromatic carbocycles. The molecular formula is C26H39N5O3. The van der Waals surface area contributed by atoms with Gasteiger partial charge in [0, 0.05) is 19.0 Å². The molecule has 0 bridgehead atoms. The van der Waals surface area contributed by atoms with Crippen molar-refractivity contribution in [2.75, 3.05) is 6.54 Å². The van der Waals surface area contributed by atoms with Crippen molar-refractivity contribution in [2.45, 2.75) is 96.8 Å². The van der Waals surface area contributed by atoms with Crippen molar-refractivity contribution in [1.82, 2.24) is 15.5 Å². The van der Waals surface area contributed by atoms with Crippen molar-refractivity contribution < 1.29 is 14.4 Å². The second kappa shape index (κ2) is 12.1. The summed E-state index contributed by atoms with van der Waals surface area (Å²) in [7, 11) is 0. The zero-order chi connectivity index (χ0) is 24.7. The molecule has 0 saturated carbocycles. The van der Waals surface area contributed by atoms with E-state index in [0.717, 1.165) is 37.8 Å². The number of piperidine rings is 1. The molecule has 1 fully saturated rings. The first-order valence-corrected chi connectivity index (χ1v) is 12.7. The SMILES string of the molecule is CC[C@H]1CCCCN1C(=O)C[C@H](NC(=O)CCC(C)C)C(=O)N[C@@H](C)C1=NC2C=CC=CC2=N1. The van der Waals surface area contributed by atoms with Gasteiger partial charge in [-0.05, 0) is 51.0 Å². The Bertz CT molecular complexity index is 889. The van der Waals surface area contributed by atoms with Crippen molar-refractivity contribution in [3.8, 4) is 0 Å². The average Bonchev–Trinajstić information content (AvgIpc) is 3.26. The third kappa shape index (κ3) is 6.87. The van der Waals surface area contributed by atoms with Gasteiger partial charge in [-0.2, -0.15) is 0 Å². The number of carbonyl (C=O) groups is 3. The summed E-state index contributed by atoms with van der Waals surface area (Å²) in [4.78, 5) is 50.0. The molecule has 3 amide bonds. The Balaban J connectivity index is 1.67. The highest BCUT2D eigenvalue weighted by atomic mass is 16.2. The van der Waals surface area contributed by atoms with E-state index < -0.39 is 12.1 Å². The number of amides is 3. The molecule has 1 aliphatic carbocycles. The fourth-order valence-electron chi connectivity index (χ4n) is 4.56. The van der Waals surface area contributed by atoms with E-state index in [-0.39, 0.29) is 36.2 Å². The Morgan fingerprint density at radius 3 is 2.65 bits per heavy atom. The molecule has 0 aromatic rings. The molecule has 2 aliphatic heterocycles. The minimum absolute atomic E-state index is 0.0441. The van der Waals surface area contributed by atoms with Gasteiger partial charge < -0.3 is 15.5 Å². The number of likely N-dealkylation sites (tertiary alicyclic amines) is 1. The zero-order valence-electron chi connectivity index (χ0n) is 20.9. The number of hydrogen-bond donors (Lipinski definition) is 2. The number of nitrogens with one attached hydrogen (secondary N) is 2. The van der Waals surface area contributed by atoms with Crippen LogP contribution in [0.3, 0.4) is 0 Å². The number of carbonyl (C=O) groups excluding carboxylic acids is 3. The minimum atomic E-state index is -0.925. The topological polar surface area (TPSA) is 103 Å². The lowest BCUT2D eigenvalue weighted by Gasteiger charge is -2.36. The van der Waals surface area contributed by atoms with Crippen LogP contribution in [-0.2, 0) is 14.4 Å². The molecule has 1 saturated heterocycles. The molecule has 186 valence electrons. The largest absolute Gasteiger partial charge is 0.345 e. The minimum Gasteiger partial charge on any atom is -0.345 e. The summed E-state index contributed by atoms with van der Waals surface area (Å²) in [6, 6.07) is -1.27. The molecule has 2 heterocycles. The molecule has 8 heteroatoms. The average molecular weight is 470 g/mol. The number of rotatable bonds is 10. The molecule has 34 heavy (non-hydrogen) atoms. The van der Waals surface area contributed by atoms with E-state index in [9.17, 15) is 14.4 Å². The zero-order valence-corrected chi connectivity index (χ0v) is 20.9. The smallest absolute Gasteiger partial charge is 0.243 e. The van der Waals surface area contributed by atoms with Crippen molar-refractivity contribution in [3.63, 3.8) is 0 Å². The van der Waals surface area contributed by atoms with Crippen molar-refractivity contribution >= 4 is 29.3 Å². The Kier molecular flexibility index (Phi) is 9.19. The van der Waals surface area contributed by atoms with Gasteiger partial charge in [-0.25, -0.2) is 4.99 Å². The summed E-state index contributed by atoms with van der Waals surface area (Å²) >= 11 is 0. The molecule has 2 N–H and O–H groups in total. The van der Waals surface area contributed by atoms with Gasteiger partial charge in [-0.15, -0.1) is 0 Å². The fraction of sp³-hybridized carbons (Fsp3) is 0.654. The predicted octanol–water partition coefficient (Wildman–Crippen LogP) is 2.94. The first-order chi connectivity index (χ1) is 16.3. The molecule has 0 aromatic heterocycles. The highest BCUT2D eigenvalue weighted by Crippen LogP contribution is 2.21. The van der Waals surface area contributed by atoms with E-state index >= 15 is 0 Å². The molecule has 0 spiro atoms. The molecule has 4 atom stereocenters. The number of fused-ring (bicyclic) bond motifs is 1. The van der Waals surface area contributed by atoms with Crippen LogP contribution in [0.15, 0.2) is 34.3 Å². The Labute approximate surface area is 203 Å². The summed E-state index contributed by atoms with van der Waals surface area (Å²) in [6.45, 7) is 8.72. The van der Waals surface area contributed by atoms with E-state index in [0.29, 0.717) is 24.7 Å². The normalized spacial score (nSPS) is 23.1. The van der Waals surface area contributed by atoms with E-state index in [1.54, 1.807) is 0 Å². The summed E-state index contributed by atoms with van der Waals surface area (Å²) in [5.74, 6) is 0.253. The van der Waals surface area contributed by atoms with Gasteiger partial charge in [0.1, 0.15) is 17.9 Å². The van der Waals surface area contributed by atoms with E-state index in [2.05, 4.69) is 41.4 Å². The standard InChI is InChI=1S/C26H39N5O3/c1-5-19-10-8-9-15-31(19)24(33)16-22(28-23(32)14-13-17(2)3)26(34)27-18(4)25-29-20-11-6-7-12-21(20)30-25/h6-7,11-12,17-20,22H,5,8-10,13-16H2,1-4H3,(H,27,34)(H,28,32)/t18-,19-,20?,22-/m0/s1. The summed E-state index contributed by atoms with van der Waals surface area (Å²) < 4.78 is 0. The van der Waals surface area contributed by atoms with Gasteiger partial charge in [0.2, 0.25) is 17.7 Å². The monoisotopic (exact) mass is 469 g/mol. The molecule has 1 unspecified atom stereocenters. The maximum Gasteiger partial charge on any atom is 0.243 e. The van der Waals surface area contributed by atoms with E-state index in [4.69, 9.17) is 0 Å². The summed E-state index contributed by atoms with van der Waals surface area (Å²) in [6.07, 6.45) is 12.7. The van der Waals surface area contributed by atoms with Gasteiger partial charge >= 0.3 is 0 Å². The Hall–Kier alpha value is -2.77. The molecule has 0 radical (unpaired) electrons. The van der Waals surface area contributed by atoms with Crippen LogP contribution < -0.4 is 10.6 Å². The second-order valence-electron chi connectivity index (χ2n) is 9.84. The number of nitrogens with zero attached hydrogens (tertiary/aromatic N) is 3. The van der Waals surface area contributed by atoms with Crippen molar-refractivity contribution in [3.05, 3.63) is 24.3 Å². The van der Waals surface area contributed by atoms with Crippen LogP contribution in [0.2, 0.25) is 0 Å². The van der Waals surface area contributed by atoms with Crippen LogP contribution in [0.1, 0.15) is 72.6 Å². The molecular weight excluding hydrogens is 430 g/mol. The van der Waals surface area contributed by atoms with Gasteiger partial charge in [0.05, 0.1) is 18.2 Å². The maximum absolute atomic E-state index is 13.2. The van der Waals surface area contributed by atoms with Gasteiger partial charge in [-0.1, -0.05) is 39.0 Å². The third-order valence-electron chi connectivity index (χ3n) is 6.63. The van der Waals surface area contributed by atoms with Crippen LogP contribution >= 0.6 is 0 Å². The first kappa shape index (κ1) is 25.8. The second-order valence-corrected chi connectivity index (χ2v) is 9.84.